The van der Waals surface area contributed by atoms with Crippen LogP contribution in [-0.2, 0) is 17.8 Å². The number of aromatic nitrogens is 1. The fourth-order valence-electron chi connectivity index (χ4n) is 1.81. The quantitative estimate of drug-likeness (QED) is 0.823. The molecule has 1 aliphatic heterocycles. The predicted octanol–water partition coefficient (Wildman–Crippen LogP) is 0.767. The highest BCUT2D eigenvalue weighted by Gasteiger charge is 2.13. The molecule has 2 N–H and O–H groups in total. The minimum absolute atomic E-state index is 0.269. The summed E-state index contributed by atoms with van der Waals surface area (Å²) in [5.41, 5.74) is 5.11. The van der Waals surface area contributed by atoms with E-state index in [2.05, 4.69) is 9.88 Å². The van der Waals surface area contributed by atoms with Gasteiger partial charge in [0.1, 0.15) is 5.01 Å². The van der Waals surface area contributed by atoms with Gasteiger partial charge < -0.3 is 5.73 Å². The Labute approximate surface area is 93.1 Å². The van der Waals surface area contributed by atoms with Gasteiger partial charge in [-0.2, -0.15) is 0 Å². The normalized spacial score (nSPS) is 17.1. The number of rotatable bonds is 4. The summed E-state index contributed by atoms with van der Waals surface area (Å²) in [6.45, 7) is 3.34. The lowest BCUT2D eigenvalue weighted by atomic mass is 10.4. The van der Waals surface area contributed by atoms with Crippen molar-refractivity contribution >= 4 is 17.2 Å². The van der Waals surface area contributed by atoms with Gasteiger partial charge in [0.05, 0.1) is 6.42 Å². The number of hydrogen-bond acceptors (Lipinski definition) is 4. The van der Waals surface area contributed by atoms with Crippen molar-refractivity contribution in [2.24, 2.45) is 5.73 Å². The van der Waals surface area contributed by atoms with Gasteiger partial charge in [0, 0.05) is 17.6 Å². The van der Waals surface area contributed by atoms with Crippen LogP contribution in [0.15, 0.2) is 6.20 Å². The van der Waals surface area contributed by atoms with E-state index in [1.165, 1.54) is 30.8 Å². The molecule has 0 atom stereocenters. The van der Waals surface area contributed by atoms with E-state index >= 15 is 0 Å². The molecular weight excluding hydrogens is 210 g/mol. The average molecular weight is 225 g/mol. The number of carbonyl (C=O) groups is 1. The molecule has 2 heterocycles. The highest BCUT2D eigenvalue weighted by atomic mass is 32.1. The maximum absolute atomic E-state index is 10.7. The molecule has 0 aliphatic carbocycles. The summed E-state index contributed by atoms with van der Waals surface area (Å²) in [6, 6.07) is 0. The highest BCUT2D eigenvalue weighted by molar-refractivity contribution is 7.11. The first-order chi connectivity index (χ1) is 7.24. The van der Waals surface area contributed by atoms with E-state index in [-0.39, 0.29) is 12.3 Å². The van der Waals surface area contributed by atoms with E-state index in [9.17, 15) is 4.79 Å². The molecule has 0 spiro atoms. The van der Waals surface area contributed by atoms with Gasteiger partial charge >= 0.3 is 0 Å². The second kappa shape index (κ2) is 4.72. The second-order valence-electron chi connectivity index (χ2n) is 3.85. The second-order valence-corrected chi connectivity index (χ2v) is 5.05. The molecule has 15 heavy (non-hydrogen) atoms. The van der Waals surface area contributed by atoms with Gasteiger partial charge in [-0.05, 0) is 25.9 Å². The van der Waals surface area contributed by atoms with Crippen LogP contribution in [0, 0.1) is 0 Å². The molecule has 1 aromatic heterocycles. The lowest BCUT2D eigenvalue weighted by molar-refractivity contribution is -0.117. The zero-order chi connectivity index (χ0) is 10.7. The van der Waals surface area contributed by atoms with Gasteiger partial charge in [-0.25, -0.2) is 4.98 Å². The zero-order valence-electron chi connectivity index (χ0n) is 8.61. The number of amides is 1. The number of hydrogen-bond donors (Lipinski definition) is 1. The molecule has 0 aromatic carbocycles. The van der Waals surface area contributed by atoms with Crippen LogP contribution in [0.1, 0.15) is 22.7 Å². The number of primary amides is 1. The molecule has 5 heteroatoms. The fourth-order valence-corrected chi connectivity index (χ4v) is 2.79. The molecular formula is C10H15N3OS. The van der Waals surface area contributed by atoms with Crippen molar-refractivity contribution in [3.8, 4) is 0 Å². The molecule has 1 amide bonds. The van der Waals surface area contributed by atoms with Crippen LogP contribution in [0.3, 0.4) is 0 Å². The topological polar surface area (TPSA) is 59.2 Å². The van der Waals surface area contributed by atoms with Gasteiger partial charge in [0.25, 0.3) is 0 Å². The summed E-state index contributed by atoms with van der Waals surface area (Å²) in [4.78, 5) is 18.5. The Morgan fingerprint density at radius 3 is 2.93 bits per heavy atom. The average Bonchev–Trinajstić information content (AvgIpc) is 2.77. The molecule has 0 radical (unpaired) electrons. The van der Waals surface area contributed by atoms with E-state index in [1.807, 2.05) is 6.20 Å². The summed E-state index contributed by atoms with van der Waals surface area (Å²) in [5, 5.41) is 0.830. The monoisotopic (exact) mass is 225 g/mol. The molecule has 0 bridgehead atoms. The fraction of sp³-hybridized carbons (Fsp3) is 0.600. The summed E-state index contributed by atoms with van der Waals surface area (Å²) >= 11 is 1.59. The van der Waals surface area contributed by atoms with E-state index in [0.717, 1.165) is 11.6 Å². The number of nitrogens with zero attached hydrogens (tertiary/aromatic N) is 2. The summed E-state index contributed by atoms with van der Waals surface area (Å²) in [5.74, 6) is -0.308. The van der Waals surface area contributed by atoms with Crippen LogP contribution in [0.5, 0.6) is 0 Å². The summed E-state index contributed by atoms with van der Waals surface area (Å²) in [6.07, 6.45) is 4.73. The molecule has 1 aliphatic rings. The number of thiazole rings is 1. The first-order valence-electron chi connectivity index (χ1n) is 5.18. The largest absolute Gasteiger partial charge is 0.369 e. The van der Waals surface area contributed by atoms with Gasteiger partial charge in [-0.15, -0.1) is 11.3 Å². The van der Waals surface area contributed by atoms with E-state index in [0.29, 0.717) is 0 Å². The molecule has 1 aromatic rings. The Morgan fingerprint density at radius 2 is 2.27 bits per heavy atom. The van der Waals surface area contributed by atoms with Crippen molar-refractivity contribution in [1.82, 2.24) is 9.88 Å². The van der Waals surface area contributed by atoms with Gasteiger partial charge in [-0.3, -0.25) is 9.69 Å². The Hall–Kier alpha value is -0.940. The number of likely N-dealkylation sites (tertiary alicyclic amines) is 1. The van der Waals surface area contributed by atoms with Crippen LogP contribution >= 0.6 is 11.3 Å². The van der Waals surface area contributed by atoms with E-state index in [1.54, 1.807) is 11.3 Å². The molecule has 1 saturated heterocycles. The molecule has 0 unspecified atom stereocenters. The predicted molar refractivity (Wildman–Crippen MR) is 59.5 cm³/mol. The summed E-state index contributed by atoms with van der Waals surface area (Å²) in [7, 11) is 0. The van der Waals surface area contributed by atoms with Crippen molar-refractivity contribution in [2.75, 3.05) is 13.1 Å². The maximum atomic E-state index is 10.7. The van der Waals surface area contributed by atoms with Gasteiger partial charge in [-0.1, -0.05) is 0 Å². The third kappa shape index (κ3) is 3.00. The lowest BCUT2D eigenvalue weighted by Crippen LogP contribution is -2.17. The van der Waals surface area contributed by atoms with Crippen molar-refractivity contribution in [3.63, 3.8) is 0 Å². The van der Waals surface area contributed by atoms with Crippen LogP contribution in [0.4, 0.5) is 0 Å². The Balaban J connectivity index is 1.91. The van der Waals surface area contributed by atoms with E-state index in [4.69, 9.17) is 5.73 Å². The molecule has 82 valence electrons. The lowest BCUT2D eigenvalue weighted by Gasteiger charge is -2.11. The number of carbonyl (C=O) groups excluding carboxylic acids is 1. The molecule has 0 saturated carbocycles. The van der Waals surface area contributed by atoms with E-state index < -0.39 is 0 Å². The van der Waals surface area contributed by atoms with Crippen LogP contribution in [0.2, 0.25) is 0 Å². The third-order valence-electron chi connectivity index (χ3n) is 2.51. The van der Waals surface area contributed by atoms with Crippen molar-refractivity contribution in [1.29, 1.82) is 0 Å². The minimum Gasteiger partial charge on any atom is -0.369 e. The zero-order valence-corrected chi connectivity index (χ0v) is 9.42. The Kier molecular flexibility index (Phi) is 3.33. The van der Waals surface area contributed by atoms with Crippen molar-refractivity contribution < 1.29 is 4.79 Å². The molecule has 1 fully saturated rings. The van der Waals surface area contributed by atoms with Gasteiger partial charge in [0.15, 0.2) is 0 Å². The standard InChI is InChI=1S/C10H15N3OS/c11-9(14)5-10-12-6-8(15-10)7-13-3-1-2-4-13/h6H,1-5,7H2,(H2,11,14). The first-order valence-corrected chi connectivity index (χ1v) is 6.00. The van der Waals surface area contributed by atoms with Crippen LogP contribution in [0.25, 0.3) is 0 Å². The Bertz CT molecular complexity index is 344. The minimum atomic E-state index is -0.308. The molecule has 2 rings (SSSR count). The first kappa shape index (κ1) is 10.6. The number of nitrogens with two attached hydrogens (primary N) is 1. The maximum Gasteiger partial charge on any atom is 0.224 e. The van der Waals surface area contributed by atoms with Crippen molar-refractivity contribution in [2.45, 2.75) is 25.8 Å². The van der Waals surface area contributed by atoms with Gasteiger partial charge in [0.2, 0.25) is 5.91 Å². The SMILES string of the molecule is NC(=O)Cc1ncc(CN2CCCC2)s1. The highest BCUT2D eigenvalue weighted by Crippen LogP contribution is 2.18. The van der Waals surface area contributed by atoms with Crippen LogP contribution in [-0.4, -0.2) is 28.9 Å². The van der Waals surface area contributed by atoms with Crippen molar-refractivity contribution in [3.05, 3.63) is 16.1 Å². The third-order valence-corrected chi connectivity index (χ3v) is 3.49. The van der Waals surface area contributed by atoms with Crippen LogP contribution < -0.4 is 5.73 Å². The summed E-state index contributed by atoms with van der Waals surface area (Å²) < 4.78 is 0. The molecule has 4 nitrogen and oxygen atoms in total. The smallest absolute Gasteiger partial charge is 0.224 e. The Morgan fingerprint density at radius 1 is 1.53 bits per heavy atom.